The van der Waals surface area contributed by atoms with E-state index in [1.807, 2.05) is 0 Å². The Hall–Kier alpha value is -3.58. The molecule has 32 heavy (non-hydrogen) atoms. The monoisotopic (exact) mass is 434 g/mol. The molecule has 3 aromatic carbocycles. The molecular formula is C25H20F2N2O3. The van der Waals surface area contributed by atoms with Crippen molar-refractivity contribution in [3.63, 3.8) is 0 Å². The molecule has 162 valence electrons. The van der Waals surface area contributed by atoms with Crippen LogP contribution in [0.1, 0.15) is 18.0 Å². The zero-order valence-electron chi connectivity index (χ0n) is 17.0. The number of halogens is 2. The Morgan fingerprint density at radius 3 is 2.19 bits per heavy atom. The van der Waals surface area contributed by atoms with E-state index in [9.17, 15) is 23.5 Å². The zero-order chi connectivity index (χ0) is 22.4. The molecule has 0 bridgehead atoms. The highest BCUT2D eigenvalue weighted by atomic mass is 19.2. The van der Waals surface area contributed by atoms with Crippen molar-refractivity contribution in [1.29, 1.82) is 0 Å². The highest BCUT2D eigenvalue weighted by molar-refractivity contribution is 5.95. The van der Waals surface area contributed by atoms with Gasteiger partial charge < -0.3 is 14.6 Å². The van der Waals surface area contributed by atoms with Crippen LogP contribution in [0.5, 0.6) is 0 Å². The van der Waals surface area contributed by atoms with E-state index in [-0.39, 0.29) is 30.8 Å². The number of aliphatic hydroxyl groups is 1. The molecule has 7 heteroatoms. The quantitative estimate of drug-likeness (QED) is 0.500. The minimum Gasteiger partial charge on any atom is -0.391 e. The molecule has 1 amide bonds. The molecule has 4 aromatic rings. The number of aromatic nitrogens is 1. The Labute approximate surface area is 182 Å². The molecule has 1 aliphatic heterocycles. The van der Waals surface area contributed by atoms with Gasteiger partial charge in [-0.15, -0.1) is 0 Å². The number of fused-ring (bicyclic) bond motifs is 2. The molecule has 2 atom stereocenters. The van der Waals surface area contributed by atoms with Crippen LogP contribution >= 0.6 is 0 Å². The van der Waals surface area contributed by atoms with Gasteiger partial charge in [-0.25, -0.2) is 8.78 Å². The minimum absolute atomic E-state index is 0.0613. The lowest BCUT2D eigenvalue weighted by atomic mass is 10.0. The van der Waals surface area contributed by atoms with Crippen molar-refractivity contribution in [2.75, 3.05) is 6.54 Å². The van der Waals surface area contributed by atoms with Crippen molar-refractivity contribution < 1.29 is 18.7 Å². The van der Waals surface area contributed by atoms with Gasteiger partial charge in [-0.3, -0.25) is 9.59 Å². The number of β-amino-alcohol motifs (C(OH)–C–C–N with tert-alkyl or cyclic N) is 1. The van der Waals surface area contributed by atoms with Gasteiger partial charge in [0.1, 0.15) is 6.54 Å². The Balaban J connectivity index is 1.57. The second-order valence-electron chi connectivity index (χ2n) is 8.07. The number of hydrogen-bond donors (Lipinski definition) is 1. The number of hydrogen-bond acceptors (Lipinski definition) is 3. The van der Waals surface area contributed by atoms with E-state index in [2.05, 4.69) is 0 Å². The first-order valence-corrected chi connectivity index (χ1v) is 10.4. The van der Waals surface area contributed by atoms with Crippen LogP contribution in [0.15, 0.2) is 71.5 Å². The molecular weight excluding hydrogens is 414 g/mol. The van der Waals surface area contributed by atoms with Crippen molar-refractivity contribution in [3.8, 4) is 0 Å². The van der Waals surface area contributed by atoms with E-state index in [4.69, 9.17) is 0 Å². The van der Waals surface area contributed by atoms with Crippen LogP contribution in [-0.4, -0.2) is 33.1 Å². The SMILES string of the molecule is O=C(Cn1c2ccccc2c(=O)c2ccccc21)N1CC(O)CC1c1ccc(F)c(F)c1. The van der Waals surface area contributed by atoms with Crippen molar-refractivity contribution in [3.05, 3.63) is 94.2 Å². The first kappa shape index (κ1) is 20.3. The zero-order valence-corrected chi connectivity index (χ0v) is 17.0. The summed E-state index contributed by atoms with van der Waals surface area (Å²) < 4.78 is 29.0. The Bertz CT molecular complexity index is 1360. The lowest BCUT2D eigenvalue weighted by Crippen LogP contribution is -2.35. The molecule has 2 heterocycles. The summed E-state index contributed by atoms with van der Waals surface area (Å²) in [5, 5.41) is 11.3. The van der Waals surface area contributed by atoms with Crippen LogP contribution in [0, 0.1) is 11.6 Å². The van der Waals surface area contributed by atoms with Gasteiger partial charge in [0, 0.05) is 17.3 Å². The van der Waals surface area contributed by atoms with Gasteiger partial charge in [-0.1, -0.05) is 30.3 Å². The average molecular weight is 434 g/mol. The molecule has 1 aliphatic rings. The van der Waals surface area contributed by atoms with Gasteiger partial charge in [0.05, 0.1) is 23.2 Å². The van der Waals surface area contributed by atoms with Crippen LogP contribution in [0.3, 0.4) is 0 Å². The number of rotatable bonds is 3. The van der Waals surface area contributed by atoms with Crippen molar-refractivity contribution >= 4 is 27.7 Å². The Morgan fingerprint density at radius 1 is 0.938 bits per heavy atom. The van der Waals surface area contributed by atoms with E-state index in [0.29, 0.717) is 27.4 Å². The lowest BCUT2D eigenvalue weighted by molar-refractivity contribution is -0.133. The molecule has 0 spiro atoms. The van der Waals surface area contributed by atoms with Gasteiger partial charge in [0.25, 0.3) is 0 Å². The van der Waals surface area contributed by atoms with Crippen LogP contribution in [0.2, 0.25) is 0 Å². The average Bonchev–Trinajstić information content (AvgIpc) is 3.20. The molecule has 0 aliphatic carbocycles. The molecule has 1 saturated heterocycles. The summed E-state index contributed by atoms with van der Waals surface area (Å²) in [6.07, 6.45) is -0.526. The number of carbonyl (C=O) groups excluding carboxylic acids is 1. The summed E-state index contributed by atoms with van der Waals surface area (Å²) in [6.45, 7) is 0.0345. The third-order valence-corrected chi connectivity index (χ3v) is 6.10. The Kier molecular flexibility index (Phi) is 4.98. The summed E-state index contributed by atoms with van der Waals surface area (Å²) in [7, 11) is 0. The van der Waals surface area contributed by atoms with Crippen LogP contribution in [0.4, 0.5) is 8.78 Å². The minimum atomic E-state index is -0.992. The van der Waals surface area contributed by atoms with E-state index >= 15 is 0 Å². The van der Waals surface area contributed by atoms with Gasteiger partial charge in [-0.05, 0) is 48.4 Å². The summed E-state index contributed by atoms with van der Waals surface area (Å²) in [5.41, 5.74) is 1.60. The van der Waals surface area contributed by atoms with Crippen molar-refractivity contribution in [2.24, 2.45) is 0 Å². The summed E-state index contributed by atoms with van der Waals surface area (Å²) in [5.74, 6) is -2.24. The highest BCUT2D eigenvalue weighted by Gasteiger charge is 2.35. The number of likely N-dealkylation sites (tertiary alicyclic amines) is 1. The van der Waals surface area contributed by atoms with E-state index in [1.165, 1.54) is 11.0 Å². The van der Waals surface area contributed by atoms with Gasteiger partial charge in [0.15, 0.2) is 17.1 Å². The smallest absolute Gasteiger partial charge is 0.243 e. The first-order valence-electron chi connectivity index (χ1n) is 10.4. The number of para-hydroxylation sites is 2. The molecule has 5 rings (SSSR count). The first-order chi connectivity index (χ1) is 15.4. The maximum Gasteiger partial charge on any atom is 0.243 e. The molecule has 1 fully saturated rings. The number of amides is 1. The fraction of sp³-hybridized carbons (Fsp3) is 0.200. The maximum absolute atomic E-state index is 13.8. The molecule has 1 N–H and O–H groups in total. The topological polar surface area (TPSA) is 62.5 Å². The van der Waals surface area contributed by atoms with E-state index in [1.54, 1.807) is 53.1 Å². The fourth-order valence-corrected chi connectivity index (χ4v) is 4.60. The van der Waals surface area contributed by atoms with Crippen LogP contribution < -0.4 is 5.43 Å². The number of pyridine rings is 1. The second kappa shape index (κ2) is 7.84. The predicted molar refractivity (Wildman–Crippen MR) is 117 cm³/mol. The fourth-order valence-electron chi connectivity index (χ4n) is 4.60. The van der Waals surface area contributed by atoms with Gasteiger partial charge in [-0.2, -0.15) is 0 Å². The number of benzene rings is 3. The normalized spacial score (nSPS) is 18.5. The largest absolute Gasteiger partial charge is 0.391 e. The molecule has 5 nitrogen and oxygen atoms in total. The predicted octanol–water partition coefficient (Wildman–Crippen LogP) is 3.77. The maximum atomic E-state index is 13.8. The van der Waals surface area contributed by atoms with Crippen molar-refractivity contribution in [2.45, 2.75) is 25.1 Å². The molecule has 1 aromatic heterocycles. The molecule has 0 saturated carbocycles. The summed E-state index contributed by atoms with van der Waals surface area (Å²) in [6, 6.07) is 17.2. The van der Waals surface area contributed by atoms with Crippen LogP contribution in [0.25, 0.3) is 21.8 Å². The number of aliphatic hydroxyl groups excluding tert-OH is 1. The van der Waals surface area contributed by atoms with Gasteiger partial charge in [0.2, 0.25) is 5.91 Å². The number of carbonyl (C=O) groups is 1. The highest BCUT2D eigenvalue weighted by Crippen LogP contribution is 2.33. The number of nitrogens with zero attached hydrogens (tertiary/aromatic N) is 2. The van der Waals surface area contributed by atoms with E-state index in [0.717, 1.165) is 12.1 Å². The summed E-state index contributed by atoms with van der Waals surface area (Å²) in [4.78, 5) is 27.8. The third-order valence-electron chi connectivity index (χ3n) is 6.10. The Morgan fingerprint density at radius 2 is 1.56 bits per heavy atom. The lowest BCUT2D eigenvalue weighted by Gasteiger charge is -2.26. The van der Waals surface area contributed by atoms with Crippen LogP contribution in [-0.2, 0) is 11.3 Å². The molecule has 0 radical (unpaired) electrons. The van der Waals surface area contributed by atoms with Gasteiger partial charge >= 0.3 is 0 Å². The molecule has 2 unspecified atom stereocenters. The summed E-state index contributed by atoms with van der Waals surface area (Å²) >= 11 is 0. The van der Waals surface area contributed by atoms with E-state index < -0.39 is 23.8 Å². The van der Waals surface area contributed by atoms with Crippen molar-refractivity contribution in [1.82, 2.24) is 9.47 Å². The second-order valence-corrected chi connectivity index (χ2v) is 8.07. The standard InChI is InChI=1S/C25H20F2N2O3/c26-19-10-9-15(11-20(19)27)23-12-16(30)13-29(23)24(31)14-28-21-7-3-1-5-17(21)25(32)18-6-2-4-8-22(18)28/h1-11,16,23,30H,12-14H2. The third kappa shape index (κ3) is 3.35.